The van der Waals surface area contributed by atoms with E-state index in [-0.39, 0.29) is 0 Å². The van der Waals surface area contributed by atoms with Gasteiger partial charge in [-0.2, -0.15) is 0 Å². The predicted octanol–water partition coefficient (Wildman–Crippen LogP) is 0.461. The van der Waals surface area contributed by atoms with Crippen molar-refractivity contribution < 1.29 is 9.50 Å². The van der Waals surface area contributed by atoms with Crippen molar-refractivity contribution >= 4 is 0 Å². The summed E-state index contributed by atoms with van der Waals surface area (Å²) in [7, 11) is 0. The molecule has 0 aliphatic carbocycles. The van der Waals surface area contributed by atoms with Crippen LogP contribution in [0, 0.1) is 0 Å². The maximum absolute atomic E-state index is 12.2. The Bertz CT molecular complexity index is 99.8. The number of nitrogens with one attached hydrogen (secondary N) is 1. The Morgan fingerprint density at radius 3 is 2.90 bits per heavy atom. The van der Waals surface area contributed by atoms with E-state index in [1.807, 2.05) is 0 Å². The molecule has 0 spiro atoms. The van der Waals surface area contributed by atoms with Crippen LogP contribution in [-0.2, 0) is 0 Å². The average molecular weight is 147 g/mol. The van der Waals surface area contributed by atoms with Gasteiger partial charge < -0.3 is 10.4 Å². The zero-order valence-electron chi connectivity index (χ0n) is 6.07. The van der Waals surface area contributed by atoms with Gasteiger partial charge in [-0.3, -0.25) is 0 Å². The molecule has 1 aliphatic rings. The number of alkyl halides is 1. The zero-order chi connectivity index (χ0) is 7.45. The van der Waals surface area contributed by atoms with Gasteiger partial charge in [0.25, 0.3) is 0 Å². The molecular weight excluding hydrogens is 133 g/mol. The van der Waals surface area contributed by atoms with E-state index < -0.39 is 12.3 Å². The summed E-state index contributed by atoms with van der Waals surface area (Å²) in [6.45, 7) is 1.04. The highest BCUT2D eigenvalue weighted by Gasteiger charge is 2.27. The molecule has 3 heteroatoms. The van der Waals surface area contributed by atoms with Gasteiger partial charge >= 0.3 is 0 Å². The third-order valence-corrected chi connectivity index (χ3v) is 2.01. The molecule has 0 unspecified atom stereocenters. The number of hydrogen-bond donors (Lipinski definition) is 2. The Hall–Kier alpha value is -0.150. The van der Waals surface area contributed by atoms with E-state index in [9.17, 15) is 9.50 Å². The van der Waals surface area contributed by atoms with E-state index >= 15 is 0 Å². The predicted molar refractivity (Wildman–Crippen MR) is 37.6 cm³/mol. The van der Waals surface area contributed by atoms with Crippen molar-refractivity contribution in [3.8, 4) is 0 Å². The molecule has 0 radical (unpaired) electrons. The fraction of sp³-hybridized carbons (Fsp3) is 1.00. The van der Waals surface area contributed by atoms with Crippen molar-refractivity contribution in [1.29, 1.82) is 0 Å². The summed E-state index contributed by atoms with van der Waals surface area (Å²) in [4.78, 5) is 0. The lowest BCUT2D eigenvalue weighted by Gasteiger charge is -2.21. The minimum absolute atomic E-state index is 0.545. The molecule has 0 aromatic carbocycles. The van der Waals surface area contributed by atoms with E-state index in [2.05, 4.69) is 5.32 Å². The molecule has 1 rings (SSSR count). The van der Waals surface area contributed by atoms with Crippen LogP contribution < -0.4 is 5.32 Å². The van der Waals surface area contributed by atoms with Crippen LogP contribution in [0.3, 0.4) is 0 Å². The SMILES string of the molecule is O[C@@]1(CF)CCCNCC1. The maximum atomic E-state index is 12.2. The molecule has 1 atom stereocenters. The van der Waals surface area contributed by atoms with Crippen LogP contribution >= 0.6 is 0 Å². The van der Waals surface area contributed by atoms with E-state index in [0.29, 0.717) is 12.8 Å². The van der Waals surface area contributed by atoms with E-state index in [1.54, 1.807) is 0 Å². The third kappa shape index (κ3) is 1.92. The molecule has 10 heavy (non-hydrogen) atoms. The lowest BCUT2D eigenvalue weighted by atomic mass is 9.97. The van der Waals surface area contributed by atoms with Crippen LogP contribution in [0.5, 0.6) is 0 Å². The number of halogens is 1. The molecule has 2 nitrogen and oxygen atoms in total. The Balaban J connectivity index is 2.41. The number of hydrogen-bond acceptors (Lipinski definition) is 2. The smallest absolute Gasteiger partial charge is 0.118 e. The van der Waals surface area contributed by atoms with Crippen LogP contribution in [0.2, 0.25) is 0 Å². The lowest BCUT2D eigenvalue weighted by Crippen LogP contribution is -2.32. The van der Waals surface area contributed by atoms with Crippen molar-refractivity contribution in [2.24, 2.45) is 0 Å². The topological polar surface area (TPSA) is 32.3 Å². The molecule has 1 fully saturated rings. The average Bonchev–Trinajstić information content (AvgIpc) is 2.15. The van der Waals surface area contributed by atoms with E-state index in [4.69, 9.17) is 0 Å². The number of rotatable bonds is 1. The van der Waals surface area contributed by atoms with Gasteiger partial charge in [-0.1, -0.05) is 0 Å². The van der Waals surface area contributed by atoms with Crippen LogP contribution in [0.4, 0.5) is 4.39 Å². The highest BCUT2D eigenvalue weighted by molar-refractivity contribution is 4.81. The monoisotopic (exact) mass is 147 g/mol. The molecule has 0 saturated carbocycles. The van der Waals surface area contributed by atoms with Crippen molar-refractivity contribution in [3.63, 3.8) is 0 Å². The minimum atomic E-state index is -1.02. The second kappa shape index (κ2) is 3.30. The third-order valence-electron chi connectivity index (χ3n) is 2.01. The second-order valence-electron chi connectivity index (χ2n) is 2.96. The first-order valence-electron chi connectivity index (χ1n) is 3.76. The summed E-state index contributed by atoms with van der Waals surface area (Å²) in [6, 6.07) is 0. The normalized spacial score (nSPS) is 35.4. The fourth-order valence-corrected chi connectivity index (χ4v) is 1.25. The standard InChI is InChI=1S/C7H14FNO/c8-6-7(10)2-1-4-9-5-3-7/h9-10H,1-6H2/t7-/m0/s1. The Labute approximate surface area is 60.4 Å². The largest absolute Gasteiger partial charge is 0.387 e. The maximum Gasteiger partial charge on any atom is 0.118 e. The zero-order valence-corrected chi connectivity index (χ0v) is 6.07. The Kier molecular flexibility index (Phi) is 2.63. The van der Waals surface area contributed by atoms with Gasteiger partial charge in [-0.25, -0.2) is 4.39 Å². The highest BCUT2D eigenvalue weighted by atomic mass is 19.1. The Morgan fingerprint density at radius 2 is 2.20 bits per heavy atom. The summed E-state index contributed by atoms with van der Waals surface area (Å²) >= 11 is 0. The van der Waals surface area contributed by atoms with Crippen LogP contribution in [0.1, 0.15) is 19.3 Å². The molecule has 60 valence electrons. The first kappa shape index (κ1) is 7.95. The molecule has 1 heterocycles. The Morgan fingerprint density at radius 1 is 1.40 bits per heavy atom. The molecular formula is C7H14FNO. The summed E-state index contributed by atoms with van der Waals surface area (Å²) in [6.07, 6.45) is 2.01. The van der Waals surface area contributed by atoms with Crippen molar-refractivity contribution in [2.45, 2.75) is 24.9 Å². The van der Waals surface area contributed by atoms with Gasteiger partial charge in [0.05, 0.1) is 5.60 Å². The molecule has 0 bridgehead atoms. The molecule has 1 aliphatic heterocycles. The van der Waals surface area contributed by atoms with E-state index in [1.165, 1.54) is 0 Å². The summed E-state index contributed by atoms with van der Waals surface area (Å²) in [5.74, 6) is 0. The summed E-state index contributed by atoms with van der Waals surface area (Å²) < 4.78 is 12.2. The highest BCUT2D eigenvalue weighted by Crippen LogP contribution is 2.19. The van der Waals surface area contributed by atoms with Crippen molar-refractivity contribution in [1.82, 2.24) is 5.32 Å². The minimum Gasteiger partial charge on any atom is -0.387 e. The second-order valence-corrected chi connectivity index (χ2v) is 2.96. The first-order chi connectivity index (χ1) is 4.77. The van der Waals surface area contributed by atoms with Gasteiger partial charge in [-0.05, 0) is 32.4 Å². The van der Waals surface area contributed by atoms with Gasteiger partial charge in [0.2, 0.25) is 0 Å². The summed E-state index contributed by atoms with van der Waals surface area (Å²) in [5, 5.41) is 12.6. The first-order valence-corrected chi connectivity index (χ1v) is 3.76. The molecule has 0 aromatic heterocycles. The fourth-order valence-electron chi connectivity index (χ4n) is 1.25. The summed E-state index contributed by atoms with van der Waals surface area (Å²) in [5.41, 5.74) is -1.02. The lowest BCUT2D eigenvalue weighted by molar-refractivity contribution is 0.00452. The van der Waals surface area contributed by atoms with Gasteiger partial charge in [-0.15, -0.1) is 0 Å². The van der Waals surface area contributed by atoms with Gasteiger partial charge in [0, 0.05) is 0 Å². The molecule has 1 saturated heterocycles. The van der Waals surface area contributed by atoms with Crippen molar-refractivity contribution in [3.05, 3.63) is 0 Å². The quantitative estimate of drug-likeness (QED) is 0.564. The van der Waals surface area contributed by atoms with Crippen molar-refractivity contribution in [2.75, 3.05) is 19.8 Å². The van der Waals surface area contributed by atoms with Crippen LogP contribution in [-0.4, -0.2) is 30.5 Å². The molecule has 0 amide bonds. The number of aliphatic hydroxyl groups is 1. The van der Waals surface area contributed by atoms with Gasteiger partial charge in [0.15, 0.2) is 0 Å². The van der Waals surface area contributed by atoms with Crippen LogP contribution in [0.15, 0.2) is 0 Å². The van der Waals surface area contributed by atoms with Crippen LogP contribution in [0.25, 0.3) is 0 Å². The van der Waals surface area contributed by atoms with E-state index in [0.717, 1.165) is 19.5 Å². The molecule has 2 N–H and O–H groups in total. The molecule has 0 aromatic rings. The van der Waals surface area contributed by atoms with Gasteiger partial charge in [0.1, 0.15) is 6.67 Å².